The average Bonchev–Trinajstić information content (AvgIpc) is 3.71. The summed E-state index contributed by atoms with van der Waals surface area (Å²) in [5.74, 6) is -0.289. The molecule has 0 radical (unpaired) electrons. The van der Waals surface area contributed by atoms with Gasteiger partial charge in [0.15, 0.2) is 0 Å². The third-order valence-corrected chi connectivity index (χ3v) is 11.8. The van der Waals surface area contributed by atoms with Crippen LogP contribution in [0, 0.1) is 0 Å². The summed E-state index contributed by atoms with van der Waals surface area (Å²) in [6, 6.07) is 6.67. The van der Waals surface area contributed by atoms with E-state index in [4.69, 9.17) is 26.6 Å². The molecule has 0 aliphatic rings. The lowest BCUT2D eigenvalue weighted by Crippen LogP contribution is -2.43. The number of benzene rings is 1. The lowest BCUT2D eigenvalue weighted by Gasteiger charge is -2.24. The first-order valence-corrected chi connectivity index (χ1v) is 16.5. The molecule has 0 atom stereocenters. The Morgan fingerprint density at radius 2 is 1.32 bits per heavy atom. The smallest absolute Gasteiger partial charge is 0.377 e. The van der Waals surface area contributed by atoms with E-state index in [1.54, 1.807) is 61.1 Å². The number of carbonyl (C=O) groups excluding carboxylic acids is 2. The largest absolute Gasteiger partial charge is 0.500 e. The van der Waals surface area contributed by atoms with Gasteiger partial charge in [0.2, 0.25) is 0 Å². The highest BCUT2D eigenvalue weighted by Crippen LogP contribution is 2.16. The number of aromatic nitrogens is 4. The third-order valence-electron chi connectivity index (χ3n) is 6.18. The summed E-state index contributed by atoms with van der Waals surface area (Å²) in [6.07, 6.45) is 6.00. The van der Waals surface area contributed by atoms with Gasteiger partial charge in [-0.1, -0.05) is 0 Å². The molecule has 0 bridgehead atoms. The quantitative estimate of drug-likeness (QED) is 0.142. The van der Waals surface area contributed by atoms with Crippen LogP contribution in [0.3, 0.4) is 0 Å². The number of amides is 2. The zero-order chi connectivity index (χ0) is 29.4. The number of hydrogen-bond acceptors (Lipinski definition) is 10. The lowest BCUT2D eigenvalue weighted by atomic mass is 10.2. The maximum absolute atomic E-state index is 12.1. The highest BCUT2D eigenvalue weighted by molar-refractivity contribution is 6.60. The molecule has 222 valence electrons. The van der Waals surface area contributed by atoms with Gasteiger partial charge >= 0.3 is 17.6 Å². The van der Waals surface area contributed by atoms with E-state index in [-0.39, 0.29) is 11.8 Å². The van der Waals surface area contributed by atoms with Crippen LogP contribution < -0.4 is 10.6 Å². The molecule has 2 heterocycles. The lowest BCUT2D eigenvalue weighted by molar-refractivity contribution is 0.0940. The zero-order valence-electron chi connectivity index (χ0n) is 23.9. The predicted molar refractivity (Wildman–Crippen MR) is 152 cm³/mol. The molecule has 0 saturated carbocycles. The Balaban J connectivity index is 0.000000286. The molecule has 3 rings (SSSR count). The second kappa shape index (κ2) is 17.0. The fourth-order valence-electron chi connectivity index (χ4n) is 3.78. The predicted octanol–water partition coefficient (Wildman–Crippen LogP) is 1.97. The molecule has 40 heavy (non-hydrogen) atoms. The molecule has 0 aliphatic heterocycles. The van der Waals surface area contributed by atoms with E-state index < -0.39 is 17.6 Å². The van der Waals surface area contributed by atoms with Crippen LogP contribution in [-0.2, 0) is 26.6 Å². The highest BCUT2D eigenvalue weighted by Gasteiger charge is 2.37. The molecule has 0 fully saturated rings. The van der Waals surface area contributed by atoms with Crippen molar-refractivity contribution in [1.82, 2.24) is 30.6 Å². The number of rotatable bonds is 16. The van der Waals surface area contributed by atoms with E-state index in [2.05, 4.69) is 30.6 Å². The van der Waals surface area contributed by atoms with E-state index in [0.717, 1.165) is 23.9 Å². The average molecular weight is 597 g/mol. The molecule has 0 unspecified atom stereocenters. The summed E-state index contributed by atoms with van der Waals surface area (Å²) in [4.78, 5) is 37.3. The topological polar surface area (TPSA) is 171 Å². The number of nitrogens with one attached hydrogen (secondary N) is 4. The van der Waals surface area contributed by atoms with E-state index in [9.17, 15) is 9.59 Å². The van der Waals surface area contributed by atoms with E-state index in [1.807, 2.05) is 6.07 Å². The minimum absolute atomic E-state index is 0.115. The summed E-state index contributed by atoms with van der Waals surface area (Å²) in [5, 5.41) is 5.66. The first-order chi connectivity index (χ1) is 19.3. The molecule has 0 spiro atoms. The molecule has 2 amide bonds. The number of imidazole rings is 2. The molecular formula is C24H40N6O8Si2. The molecule has 0 saturated heterocycles. The minimum Gasteiger partial charge on any atom is -0.377 e. The zero-order valence-corrected chi connectivity index (χ0v) is 25.9. The van der Waals surface area contributed by atoms with Crippen LogP contribution in [0.15, 0.2) is 37.1 Å². The maximum atomic E-state index is 12.1. The van der Waals surface area contributed by atoms with E-state index in [0.29, 0.717) is 36.4 Å². The van der Waals surface area contributed by atoms with Gasteiger partial charge in [0.05, 0.1) is 29.9 Å². The number of aromatic amines is 2. The number of carbonyl (C=O) groups is 2. The molecule has 14 nitrogen and oxygen atoms in total. The fourth-order valence-corrected chi connectivity index (χ4v) is 7.22. The van der Waals surface area contributed by atoms with Gasteiger partial charge in [-0.3, -0.25) is 9.59 Å². The van der Waals surface area contributed by atoms with Crippen LogP contribution >= 0.6 is 0 Å². The van der Waals surface area contributed by atoms with Crippen molar-refractivity contribution in [3.63, 3.8) is 0 Å². The number of H-pyrrole nitrogens is 2. The second-order valence-corrected chi connectivity index (χ2v) is 14.6. The molecule has 0 aliphatic carbocycles. The molecule has 16 heteroatoms. The Labute approximate surface area is 236 Å². The summed E-state index contributed by atoms with van der Waals surface area (Å²) in [6.45, 7) is 1.06. The van der Waals surface area contributed by atoms with Crippen molar-refractivity contribution >= 4 is 40.5 Å². The van der Waals surface area contributed by atoms with Gasteiger partial charge in [-0.25, -0.2) is 9.97 Å². The fraction of sp³-hybridized carbons (Fsp3) is 0.500. The molecule has 3 aromatic rings. The normalized spacial score (nSPS) is 11.7. The van der Waals surface area contributed by atoms with Gasteiger partial charge in [-0.05, 0) is 31.0 Å². The van der Waals surface area contributed by atoms with E-state index >= 15 is 0 Å². The number of hydrogen-bond donors (Lipinski definition) is 4. The molecule has 2 aromatic heterocycles. The highest BCUT2D eigenvalue weighted by atomic mass is 28.4. The number of nitrogens with zero attached hydrogens (tertiary/aromatic N) is 2. The van der Waals surface area contributed by atoms with Crippen molar-refractivity contribution in [2.45, 2.75) is 24.9 Å². The van der Waals surface area contributed by atoms with Crippen LogP contribution in [0.5, 0.6) is 0 Å². The van der Waals surface area contributed by atoms with Crippen LogP contribution in [0.2, 0.25) is 12.1 Å². The third kappa shape index (κ3) is 9.59. The van der Waals surface area contributed by atoms with Gasteiger partial charge in [0.25, 0.3) is 11.8 Å². The maximum Gasteiger partial charge on any atom is 0.500 e. The standard InChI is InChI=1S/C14H21N3O4Si.C10H19N3O4Si/c1-19-22(20-2,21-3)8-4-7-15-14(18)11-5-6-12-13(9-11)17-10-16-12;1-15-18(16-2,17-3)6-4-5-12-10(14)9-7-11-8-13-9/h5-6,9-10H,4,7-8H2,1-3H3,(H,15,18)(H,16,17);7-8H,4-6H2,1-3H3,(H,11,13)(H,12,14). The Hall–Kier alpha value is -2.97. The van der Waals surface area contributed by atoms with Crippen molar-refractivity contribution in [3.05, 3.63) is 48.3 Å². The Morgan fingerprint density at radius 1 is 0.775 bits per heavy atom. The summed E-state index contributed by atoms with van der Waals surface area (Å²) in [5.41, 5.74) is 2.74. The number of fused-ring (bicyclic) bond motifs is 1. The van der Waals surface area contributed by atoms with Gasteiger partial charge in [0.1, 0.15) is 5.69 Å². The Morgan fingerprint density at radius 3 is 1.82 bits per heavy atom. The van der Waals surface area contributed by atoms with Crippen molar-refractivity contribution in [1.29, 1.82) is 0 Å². The van der Waals surface area contributed by atoms with Crippen molar-refractivity contribution in [3.8, 4) is 0 Å². The summed E-state index contributed by atoms with van der Waals surface area (Å²) >= 11 is 0. The first kappa shape index (κ1) is 33.2. The SMILES string of the molecule is CO[Si](CCCNC(=O)c1ccc2nc[nH]c2c1)(OC)OC.CO[Si](CCCNC(=O)c1cnc[nH]1)(OC)OC. The van der Waals surface area contributed by atoms with Gasteiger partial charge in [0, 0.05) is 73.4 Å². The molecular weight excluding hydrogens is 556 g/mol. The van der Waals surface area contributed by atoms with Crippen LogP contribution in [-0.4, -0.2) is 105 Å². The van der Waals surface area contributed by atoms with Crippen LogP contribution in [0.1, 0.15) is 33.7 Å². The Bertz CT molecular complexity index is 1140. The van der Waals surface area contributed by atoms with Crippen molar-refractivity contribution in [2.75, 3.05) is 55.7 Å². The van der Waals surface area contributed by atoms with Gasteiger partial charge in [-0.2, -0.15) is 0 Å². The second-order valence-electron chi connectivity index (χ2n) is 8.41. The van der Waals surface area contributed by atoms with Gasteiger partial charge in [-0.15, -0.1) is 0 Å². The van der Waals surface area contributed by atoms with Crippen molar-refractivity contribution < 1.29 is 36.1 Å². The molecule has 4 N–H and O–H groups in total. The van der Waals surface area contributed by atoms with E-state index in [1.165, 1.54) is 12.5 Å². The van der Waals surface area contributed by atoms with Crippen molar-refractivity contribution in [2.24, 2.45) is 0 Å². The monoisotopic (exact) mass is 596 g/mol. The molecule has 1 aromatic carbocycles. The van der Waals surface area contributed by atoms with Crippen LogP contribution in [0.25, 0.3) is 11.0 Å². The summed E-state index contributed by atoms with van der Waals surface area (Å²) < 4.78 is 31.9. The first-order valence-electron chi connectivity index (χ1n) is 12.6. The summed E-state index contributed by atoms with van der Waals surface area (Å²) in [7, 11) is 4.37. The Kier molecular flexibility index (Phi) is 14.1. The minimum atomic E-state index is -2.56. The van der Waals surface area contributed by atoms with Crippen LogP contribution in [0.4, 0.5) is 0 Å². The van der Waals surface area contributed by atoms with Gasteiger partial charge < -0.3 is 47.2 Å².